The Kier molecular flexibility index (Phi) is 4.94. The molecule has 3 heterocycles. The molecule has 28 heavy (non-hydrogen) atoms. The largest absolute Gasteiger partial charge is 0.471 e. The smallest absolute Gasteiger partial charge is 0.377 e. The minimum Gasteiger partial charge on any atom is -0.377 e. The van der Waals surface area contributed by atoms with Gasteiger partial charge in [0.05, 0.1) is 19.3 Å². The highest BCUT2D eigenvalue weighted by molar-refractivity contribution is 6.31. The molecular weight excluding hydrogens is 397 g/mol. The lowest BCUT2D eigenvalue weighted by Crippen LogP contribution is -2.40. The van der Waals surface area contributed by atoms with Crippen LogP contribution in [0.3, 0.4) is 0 Å². The van der Waals surface area contributed by atoms with Crippen LogP contribution in [-0.2, 0) is 10.9 Å². The van der Waals surface area contributed by atoms with E-state index in [4.69, 9.17) is 16.3 Å². The van der Waals surface area contributed by atoms with E-state index >= 15 is 0 Å². The fraction of sp³-hybridized carbons (Fsp3) is 0.278. The van der Waals surface area contributed by atoms with Crippen LogP contribution in [0.15, 0.2) is 47.1 Å². The summed E-state index contributed by atoms with van der Waals surface area (Å²) in [5, 5.41) is 4.00. The minimum atomic E-state index is -4.69. The summed E-state index contributed by atoms with van der Waals surface area (Å²) in [7, 11) is 0. The van der Waals surface area contributed by atoms with E-state index in [1.807, 2.05) is 29.2 Å². The summed E-state index contributed by atoms with van der Waals surface area (Å²) in [5.41, 5.74) is 1.24. The van der Waals surface area contributed by atoms with Crippen LogP contribution in [0, 0.1) is 0 Å². The number of hydrogen-bond donors (Lipinski definition) is 0. The fourth-order valence-electron chi connectivity index (χ4n) is 3.02. The van der Waals surface area contributed by atoms with Gasteiger partial charge in [0.25, 0.3) is 0 Å². The number of morpholine rings is 1. The van der Waals surface area contributed by atoms with E-state index in [-0.39, 0.29) is 11.9 Å². The van der Waals surface area contributed by atoms with Gasteiger partial charge in [-0.2, -0.15) is 18.2 Å². The Morgan fingerprint density at radius 1 is 1.14 bits per heavy atom. The second kappa shape index (κ2) is 7.40. The number of aromatic nitrogens is 3. The van der Waals surface area contributed by atoms with E-state index in [1.54, 1.807) is 12.1 Å². The third kappa shape index (κ3) is 3.67. The van der Waals surface area contributed by atoms with Crippen LogP contribution in [0.2, 0.25) is 5.02 Å². The van der Waals surface area contributed by atoms with E-state index < -0.39 is 12.1 Å². The van der Waals surface area contributed by atoms with E-state index in [0.717, 1.165) is 5.56 Å². The van der Waals surface area contributed by atoms with Gasteiger partial charge >= 0.3 is 12.1 Å². The zero-order valence-electron chi connectivity index (χ0n) is 14.4. The van der Waals surface area contributed by atoms with Crippen molar-refractivity contribution in [2.75, 3.05) is 24.7 Å². The first kappa shape index (κ1) is 18.7. The summed E-state index contributed by atoms with van der Waals surface area (Å²) in [6.07, 6.45) is -3.27. The Labute approximate surface area is 162 Å². The maximum absolute atomic E-state index is 12.6. The Morgan fingerprint density at radius 3 is 2.64 bits per heavy atom. The van der Waals surface area contributed by atoms with Gasteiger partial charge in [0, 0.05) is 23.3 Å². The Bertz CT molecular complexity index is 962. The molecule has 0 bridgehead atoms. The Balaban J connectivity index is 1.60. The molecule has 3 aromatic rings. The van der Waals surface area contributed by atoms with Gasteiger partial charge in [0.1, 0.15) is 5.82 Å². The van der Waals surface area contributed by atoms with Crippen molar-refractivity contribution in [1.82, 2.24) is 15.1 Å². The first-order valence-corrected chi connectivity index (χ1v) is 8.77. The molecule has 2 aromatic heterocycles. The van der Waals surface area contributed by atoms with Crippen molar-refractivity contribution in [2.24, 2.45) is 0 Å². The van der Waals surface area contributed by atoms with Gasteiger partial charge < -0.3 is 14.2 Å². The van der Waals surface area contributed by atoms with Gasteiger partial charge in [-0.3, -0.25) is 0 Å². The topological polar surface area (TPSA) is 64.3 Å². The van der Waals surface area contributed by atoms with Crippen LogP contribution in [0.4, 0.5) is 19.0 Å². The summed E-state index contributed by atoms with van der Waals surface area (Å²) in [6, 6.07) is 10.7. The molecule has 1 fully saturated rings. The molecule has 0 spiro atoms. The van der Waals surface area contributed by atoms with Crippen LogP contribution in [0.25, 0.3) is 11.4 Å². The summed E-state index contributed by atoms with van der Waals surface area (Å²) < 4.78 is 47.7. The second-order valence-corrected chi connectivity index (χ2v) is 6.54. The maximum atomic E-state index is 12.6. The average Bonchev–Trinajstić information content (AvgIpc) is 3.19. The number of nitrogens with zero attached hydrogens (tertiary/aromatic N) is 4. The second-order valence-electron chi connectivity index (χ2n) is 6.13. The molecule has 4 rings (SSSR count). The highest BCUT2D eigenvalue weighted by atomic mass is 35.5. The molecule has 0 saturated carbocycles. The van der Waals surface area contributed by atoms with E-state index in [9.17, 15) is 13.2 Å². The van der Waals surface area contributed by atoms with Crippen LogP contribution in [0.1, 0.15) is 17.5 Å². The molecule has 1 saturated heterocycles. The highest BCUT2D eigenvalue weighted by Gasteiger charge is 2.38. The summed E-state index contributed by atoms with van der Waals surface area (Å²) in [5.74, 6) is -0.911. The van der Waals surface area contributed by atoms with Crippen molar-refractivity contribution < 1.29 is 22.4 Å². The first-order chi connectivity index (χ1) is 13.4. The third-order valence-corrected chi connectivity index (χ3v) is 4.71. The van der Waals surface area contributed by atoms with Crippen LogP contribution < -0.4 is 4.90 Å². The minimum absolute atomic E-state index is 0.122. The molecule has 146 valence electrons. The lowest BCUT2D eigenvalue weighted by atomic mass is 10.0. The van der Waals surface area contributed by atoms with Gasteiger partial charge in [-0.15, -0.1) is 0 Å². The SMILES string of the molecule is FC(F)(F)c1nc(-c2ccc(N3CCOCC3c3ccccc3Cl)nc2)no1. The van der Waals surface area contributed by atoms with Crippen LogP contribution >= 0.6 is 11.6 Å². The fourth-order valence-corrected chi connectivity index (χ4v) is 3.29. The zero-order valence-corrected chi connectivity index (χ0v) is 15.1. The number of halogens is 4. The monoisotopic (exact) mass is 410 g/mol. The summed E-state index contributed by atoms with van der Waals surface area (Å²) in [6.45, 7) is 1.58. The quantitative estimate of drug-likeness (QED) is 0.638. The van der Waals surface area contributed by atoms with Crippen molar-refractivity contribution in [2.45, 2.75) is 12.2 Å². The predicted molar refractivity (Wildman–Crippen MR) is 94.9 cm³/mol. The number of hydrogen-bond acceptors (Lipinski definition) is 6. The molecule has 1 atom stereocenters. The molecular formula is C18H14ClF3N4O2. The molecule has 0 N–H and O–H groups in total. The summed E-state index contributed by atoms with van der Waals surface area (Å²) >= 11 is 6.33. The van der Waals surface area contributed by atoms with Crippen LogP contribution in [0.5, 0.6) is 0 Å². The number of anilines is 1. The molecule has 1 aromatic carbocycles. The molecule has 10 heteroatoms. The van der Waals surface area contributed by atoms with Crippen molar-refractivity contribution in [3.05, 3.63) is 59.1 Å². The summed E-state index contributed by atoms with van der Waals surface area (Å²) in [4.78, 5) is 9.80. The molecule has 1 aliphatic rings. The van der Waals surface area contributed by atoms with Gasteiger partial charge in [-0.1, -0.05) is 35.0 Å². The maximum Gasteiger partial charge on any atom is 0.471 e. The average molecular weight is 411 g/mol. The van der Waals surface area contributed by atoms with Gasteiger partial charge in [0.15, 0.2) is 0 Å². The van der Waals surface area contributed by atoms with Gasteiger partial charge in [-0.05, 0) is 23.8 Å². The van der Waals surface area contributed by atoms with E-state index in [1.165, 1.54) is 6.20 Å². The first-order valence-electron chi connectivity index (χ1n) is 8.39. The zero-order chi connectivity index (χ0) is 19.7. The lowest BCUT2D eigenvalue weighted by Gasteiger charge is -2.37. The number of alkyl halides is 3. The molecule has 1 aliphatic heterocycles. The van der Waals surface area contributed by atoms with Crippen LogP contribution in [-0.4, -0.2) is 34.9 Å². The number of pyridine rings is 1. The van der Waals surface area contributed by atoms with Crippen molar-refractivity contribution >= 4 is 17.4 Å². The third-order valence-electron chi connectivity index (χ3n) is 4.36. The van der Waals surface area contributed by atoms with Crippen molar-refractivity contribution in [1.29, 1.82) is 0 Å². The lowest BCUT2D eigenvalue weighted by molar-refractivity contribution is -0.159. The van der Waals surface area contributed by atoms with Crippen molar-refractivity contribution in [3.8, 4) is 11.4 Å². The van der Waals surface area contributed by atoms with Crippen molar-refractivity contribution in [3.63, 3.8) is 0 Å². The number of benzene rings is 1. The molecule has 0 amide bonds. The number of ether oxygens (including phenoxy) is 1. The molecule has 6 nitrogen and oxygen atoms in total. The van der Waals surface area contributed by atoms with E-state index in [2.05, 4.69) is 19.6 Å². The normalized spacial score (nSPS) is 17.7. The molecule has 1 unspecified atom stereocenters. The number of rotatable bonds is 3. The van der Waals surface area contributed by atoms with Gasteiger partial charge in [0.2, 0.25) is 5.82 Å². The van der Waals surface area contributed by atoms with E-state index in [0.29, 0.717) is 36.2 Å². The molecule has 0 radical (unpaired) electrons. The highest BCUT2D eigenvalue weighted by Crippen LogP contribution is 2.33. The molecule has 0 aliphatic carbocycles. The van der Waals surface area contributed by atoms with Gasteiger partial charge in [-0.25, -0.2) is 4.98 Å². The predicted octanol–water partition coefficient (Wildman–Crippen LogP) is 4.38. The Hall–Kier alpha value is -2.65. The Morgan fingerprint density at radius 2 is 1.96 bits per heavy atom. The standard InChI is InChI=1S/C18H14ClF3N4O2/c19-13-4-2-1-3-12(13)14-10-27-8-7-26(14)15-6-5-11(9-23-15)16-24-17(28-25-16)18(20,21)22/h1-6,9,14H,7-8,10H2.